The fourth-order valence-corrected chi connectivity index (χ4v) is 1.62. The molecule has 1 aromatic carbocycles. The van der Waals surface area contributed by atoms with E-state index in [1.807, 2.05) is 38.2 Å². The van der Waals surface area contributed by atoms with Crippen LogP contribution < -0.4 is 4.74 Å². The van der Waals surface area contributed by atoms with Gasteiger partial charge in [0.25, 0.3) is 0 Å². The third-order valence-electron chi connectivity index (χ3n) is 2.42. The van der Waals surface area contributed by atoms with Gasteiger partial charge in [-0.05, 0) is 31.7 Å². The highest BCUT2D eigenvalue weighted by atomic mass is 16.5. The Balaban J connectivity index is 2.50. The van der Waals surface area contributed by atoms with E-state index in [4.69, 9.17) is 10.00 Å². The van der Waals surface area contributed by atoms with Crippen LogP contribution >= 0.6 is 0 Å². The molecule has 0 aliphatic heterocycles. The second-order valence-electron chi connectivity index (χ2n) is 4.07. The molecule has 3 heteroatoms. The number of hydrogen-bond acceptors (Lipinski definition) is 3. The van der Waals surface area contributed by atoms with Crippen molar-refractivity contribution in [3.05, 3.63) is 29.8 Å². The lowest BCUT2D eigenvalue weighted by Gasteiger charge is -2.17. The molecule has 86 valence electrons. The molecule has 0 heterocycles. The molecule has 0 amide bonds. The van der Waals surface area contributed by atoms with Crippen molar-refractivity contribution in [2.45, 2.75) is 13.5 Å². The topological polar surface area (TPSA) is 36.3 Å². The molecule has 0 spiro atoms. The van der Waals surface area contributed by atoms with Crippen molar-refractivity contribution < 1.29 is 4.74 Å². The zero-order chi connectivity index (χ0) is 12.0. The Morgan fingerprint density at radius 1 is 1.38 bits per heavy atom. The average molecular weight is 218 g/mol. The second kappa shape index (κ2) is 6.14. The number of hydrogen-bond donors (Lipinski definition) is 0. The van der Waals surface area contributed by atoms with Crippen LogP contribution in [0.1, 0.15) is 12.5 Å². The van der Waals surface area contributed by atoms with Crippen LogP contribution in [-0.2, 0) is 6.54 Å². The fraction of sp³-hybridized carbons (Fsp3) is 0.462. The molecule has 0 radical (unpaired) electrons. The molecule has 0 saturated carbocycles. The van der Waals surface area contributed by atoms with Gasteiger partial charge in [0.1, 0.15) is 5.75 Å². The maximum absolute atomic E-state index is 8.72. The van der Waals surface area contributed by atoms with E-state index in [-0.39, 0.29) is 5.92 Å². The summed E-state index contributed by atoms with van der Waals surface area (Å²) in [6.07, 6.45) is 0. The van der Waals surface area contributed by atoms with Crippen molar-refractivity contribution in [1.29, 1.82) is 5.26 Å². The minimum absolute atomic E-state index is 0.0725. The predicted molar refractivity (Wildman–Crippen MR) is 64.1 cm³/mol. The molecular formula is C13H18N2O. The highest BCUT2D eigenvalue weighted by molar-refractivity contribution is 5.27. The molecule has 0 bridgehead atoms. The van der Waals surface area contributed by atoms with Crippen molar-refractivity contribution >= 4 is 0 Å². The van der Waals surface area contributed by atoms with Gasteiger partial charge in [0.05, 0.1) is 19.1 Å². The highest BCUT2D eigenvalue weighted by Crippen LogP contribution is 2.12. The number of nitrogens with zero attached hydrogens (tertiary/aromatic N) is 2. The van der Waals surface area contributed by atoms with E-state index in [0.29, 0.717) is 0 Å². The number of methoxy groups -OCH3 is 1. The number of benzene rings is 1. The van der Waals surface area contributed by atoms with Gasteiger partial charge < -0.3 is 9.64 Å². The predicted octanol–water partition coefficient (Wildman–Crippen LogP) is 2.29. The van der Waals surface area contributed by atoms with E-state index in [9.17, 15) is 0 Å². The normalized spacial score (nSPS) is 12.2. The monoisotopic (exact) mass is 218 g/mol. The Kier molecular flexibility index (Phi) is 4.81. The fourth-order valence-electron chi connectivity index (χ4n) is 1.62. The Labute approximate surface area is 97.3 Å². The first-order chi connectivity index (χ1) is 7.65. The molecule has 0 aliphatic carbocycles. The molecule has 0 aliphatic rings. The Hall–Kier alpha value is -1.53. The van der Waals surface area contributed by atoms with Crippen LogP contribution in [0.25, 0.3) is 0 Å². The second-order valence-corrected chi connectivity index (χ2v) is 4.07. The van der Waals surface area contributed by atoms with Gasteiger partial charge >= 0.3 is 0 Å². The van der Waals surface area contributed by atoms with E-state index in [1.165, 1.54) is 5.56 Å². The van der Waals surface area contributed by atoms with Crippen molar-refractivity contribution in [2.24, 2.45) is 5.92 Å². The first kappa shape index (κ1) is 12.5. The molecule has 1 rings (SSSR count). The molecular weight excluding hydrogens is 200 g/mol. The van der Waals surface area contributed by atoms with Crippen molar-refractivity contribution in [1.82, 2.24) is 4.90 Å². The minimum atomic E-state index is 0.0725. The zero-order valence-corrected chi connectivity index (χ0v) is 10.1. The largest absolute Gasteiger partial charge is 0.497 e. The third kappa shape index (κ3) is 3.92. The van der Waals surface area contributed by atoms with Gasteiger partial charge in [-0.3, -0.25) is 0 Å². The summed E-state index contributed by atoms with van der Waals surface area (Å²) in [4.78, 5) is 2.15. The van der Waals surface area contributed by atoms with Crippen LogP contribution in [0.4, 0.5) is 0 Å². The summed E-state index contributed by atoms with van der Waals surface area (Å²) in [5.74, 6) is 0.944. The van der Waals surface area contributed by atoms with Crippen LogP contribution in [-0.4, -0.2) is 25.6 Å². The first-order valence-corrected chi connectivity index (χ1v) is 5.36. The minimum Gasteiger partial charge on any atom is -0.497 e. The quantitative estimate of drug-likeness (QED) is 0.760. The van der Waals surface area contributed by atoms with Gasteiger partial charge in [0.15, 0.2) is 0 Å². The number of nitriles is 1. The summed E-state index contributed by atoms with van der Waals surface area (Å²) in [5.41, 5.74) is 1.23. The average Bonchev–Trinajstić information content (AvgIpc) is 2.29. The molecule has 1 atom stereocenters. The molecule has 1 aromatic rings. The van der Waals surface area contributed by atoms with Gasteiger partial charge in [0, 0.05) is 13.1 Å². The number of ether oxygens (including phenoxy) is 1. The number of rotatable bonds is 5. The van der Waals surface area contributed by atoms with Crippen LogP contribution in [0.15, 0.2) is 24.3 Å². The van der Waals surface area contributed by atoms with E-state index in [0.717, 1.165) is 18.8 Å². The van der Waals surface area contributed by atoms with Gasteiger partial charge in [0.2, 0.25) is 0 Å². The lowest BCUT2D eigenvalue weighted by molar-refractivity contribution is 0.303. The van der Waals surface area contributed by atoms with Gasteiger partial charge in [-0.15, -0.1) is 0 Å². The Bertz CT molecular complexity index is 353. The third-order valence-corrected chi connectivity index (χ3v) is 2.42. The molecule has 0 saturated heterocycles. The zero-order valence-electron chi connectivity index (χ0n) is 10.1. The maximum Gasteiger partial charge on any atom is 0.118 e. The first-order valence-electron chi connectivity index (χ1n) is 5.36. The highest BCUT2D eigenvalue weighted by Gasteiger charge is 2.05. The molecule has 0 N–H and O–H groups in total. The van der Waals surface area contributed by atoms with E-state index in [2.05, 4.69) is 11.0 Å². The van der Waals surface area contributed by atoms with Gasteiger partial charge in [-0.2, -0.15) is 5.26 Å². The smallest absolute Gasteiger partial charge is 0.118 e. The summed E-state index contributed by atoms with van der Waals surface area (Å²) in [7, 11) is 3.69. The Morgan fingerprint density at radius 2 is 2.00 bits per heavy atom. The van der Waals surface area contributed by atoms with Crippen molar-refractivity contribution in [3.8, 4) is 11.8 Å². The summed E-state index contributed by atoms with van der Waals surface area (Å²) >= 11 is 0. The summed E-state index contributed by atoms with van der Waals surface area (Å²) in [6.45, 7) is 3.59. The van der Waals surface area contributed by atoms with Crippen molar-refractivity contribution in [3.63, 3.8) is 0 Å². The Morgan fingerprint density at radius 3 is 2.50 bits per heavy atom. The standard InChI is InChI=1S/C13H18N2O/c1-11(8-14)9-15(2)10-12-4-6-13(16-3)7-5-12/h4-7,11H,9-10H2,1-3H3. The van der Waals surface area contributed by atoms with E-state index in [1.54, 1.807) is 7.11 Å². The van der Waals surface area contributed by atoms with E-state index < -0.39 is 0 Å². The molecule has 0 aromatic heterocycles. The molecule has 1 unspecified atom stereocenters. The SMILES string of the molecule is COc1ccc(CN(C)CC(C)C#N)cc1. The summed E-state index contributed by atoms with van der Waals surface area (Å²) in [5, 5.41) is 8.72. The lowest BCUT2D eigenvalue weighted by Crippen LogP contribution is -2.23. The van der Waals surface area contributed by atoms with Crippen molar-refractivity contribution in [2.75, 3.05) is 20.7 Å². The van der Waals surface area contributed by atoms with Crippen LogP contribution in [0.5, 0.6) is 5.75 Å². The van der Waals surface area contributed by atoms with E-state index >= 15 is 0 Å². The van der Waals surface area contributed by atoms with Gasteiger partial charge in [-0.1, -0.05) is 12.1 Å². The molecule has 3 nitrogen and oxygen atoms in total. The summed E-state index contributed by atoms with van der Waals surface area (Å²) < 4.78 is 5.10. The summed E-state index contributed by atoms with van der Waals surface area (Å²) in [6, 6.07) is 10.2. The van der Waals surface area contributed by atoms with Crippen LogP contribution in [0.2, 0.25) is 0 Å². The van der Waals surface area contributed by atoms with Gasteiger partial charge in [-0.25, -0.2) is 0 Å². The molecule has 0 fully saturated rings. The maximum atomic E-state index is 8.72. The van der Waals surface area contributed by atoms with Crippen LogP contribution in [0.3, 0.4) is 0 Å². The molecule has 16 heavy (non-hydrogen) atoms. The van der Waals surface area contributed by atoms with Crippen LogP contribution in [0, 0.1) is 17.2 Å². The lowest BCUT2D eigenvalue weighted by atomic mass is 10.1.